The van der Waals surface area contributed by atoms with Gasteiger partial charge in [0.1, 0.15) is 6.54 Å². The Morgan fingerprint density at radius 1 is 0.875 bits per heavy atom. The van der Waals surface area contributed by atoms with Crippen LogP contribution < -0.4 is 0 Å². The minimum Gasteiger partial charge on any atom is -0.292 e. The Kier molecular flexibility index (Phi) is 6.83. The fraction of sp³-hybridized carbons (Fsp3) is 0.304. The van der Waals surface area contributed by atoms with Crippen LogP contribution >= 0.6 is 43.5 Å². The fourth-order valence-electron chi connectivity index (χ4n) is 4.14. The first-order chi connectivity index (χ1) is 15.3. The first-order valence-corrected chi connectivity index (χ1v) is 12.3. The van der Waals surface area contributed by atoms with Crippen molar-refractivity contribution >= 4 is 67.0 Å². The Balaban J connectivity index is 1.69. The van der Waals surface area contributed by atoms with Crippen LogP contribution in [-0.4, -0.2) is 49.7 Å². The average molecular weight is 583 g/mol. The normalized spacial score (nSPS) is 24.9. The zero-order valence-electron chi connectivity index (χ0n) is 16.8. The Labute approximate surface area is 207 Å². The number of rotatable bonds is 5. The number of fused-ring (bicyclic) bond motifs is 1. The number of nitrogens with zero attached hydrogens (tertiary/aromatic N) is 2. The van der Waals surface area contributed by atoms with E-state index in [2.05, 4.69) is 31.9 Å². The van der Waals surface area contributed by atoms with E-state index in [9.17, 15) is 19.2 Å². The molecule has 9 heteroatoms. The summed E-state index contributed by atoms with van der Waals surface area (Å²) in [6.07, 6.45) is 0.939. The molecule has 0 aromatic heterocycles. The van der Waals surface area contributed by atoms with Crippen LogP contribution in [0.1, 0.15) is 33.6 Å². The molecular formula is C23H19Br2ClN2O4. The van der Waals surface area contributed by atoms with Crippen LogP contribution in [0.25, 0.3) is 0 Å². The number of amides is 3. The summed E-state index contributed by atoms with van der Waals surface area (Å²) in [4.78, 5) is 53.0. The van der Waals surface area contributed by atoms with Crippen LogP contribution in [0, 0.1) is 11.8 Å². The molecule has 6 nitrogen and oxygen atoms in total. The maximum atomic E-state index is 13.4. The Bertz CT molecular complexity index is 1040. The second-order valence-electron chi connectivity index (χ2n) is 7.86. The van der Waals surface area contributed by atoms with Crippen LogP contribution in [0.2, 0.25) is 5.02 Å². The zero-order chi connectivity index (χ0) is 23.0. The van der Waals surface area contributed by atoms with E-state index in [1.807, 2.05) is 0 Å². The van der Waals surface area contributed by atoms with Gasteiger partial charge in [-0.15, -0.1) is 0 Å². The highest BCUT2D eigenvalue weighted by Crippen LogP contribution is 2.43. The molecule has 0 spiro atoms. The molecule has 4 rings (SSSR count). The zero-order valence-corrected chi connectivity index (χ0v) is 20.7. The smallest absolute Gasteiger partial charge is 0.273 e. The first-order valence-electron chi connectivity index (χ1n) is 10.1. The second-order valence-corrected chi connectivity index (χ2v) is 10.7. The summed E-state index contributed by atoms with van der Waals surface area (Å²) < 4.78 is 0. The molecule has 1 heterocycles. The van der Waals surface area contributed by atoms with Gasteiger partial charge in [-0.25, -0.2) is 5.01 Å². The van der Waals surface area contributed by atoms with Gasteiger partial charge in [0, 0.05) is 25.8 Å². The average Bonchev–Trinajstić information content (AvgIpc) is 3.02. The predicted octanol–water partition coefficient (Wildman–Crippen LogP) is 4.50. The van der Waals surface area contributed by atoms with Crippen molar-refractivity contribution in [1.82, 2.24) is 10.0 Å². The topological polar surface area (TPSA) is 74.8 Å². The maximum Gasteiger partial charge on any atom is 0.273 e. The highest BCUT2D eigenvalue weighted by molar-refractivity contribution is 9.12. The maximum absolute atomic E-state index is 13.4. The van der Waals surface area contributed by atoms with E-state index in [4.69, 9.17) is 11.6 Å². The Morgan fingerprint density at radius 2 is 1.41 bits per heavy atom. The molecular weight excluding hydrogens is 564 g/mol. The molecule has 0 N–H and O–H groups in total. The molecule has 3 amide bonds. The van der Waals surface area contributed by atoms with Gasteiger partial charge in [-0.2, -0.15) is 5.01 Å². The number of hydrogen-bond donors (Lipinski definition) is 0. The van der Waals surface area contributed by atoms with Crippen molar-refractivity contribution < 1.29 is 19.2 Å². The van der Waals surface area contributed by atoms with Crippen LogP contribution in [-0.2, 0) is 9.59 Å². The predicted molar refractivity (Wildman–Crippen MR) is 127 cm³/mol. The summed E-state index contributed by atoms with van der Waals surface area (Å²) in [6, 6.07) is 14.6. The molecule has 1 saturated carbocycles. The molecule has 2 fully saturated rings. The number of hydrazine groups is 1. The van der Waals surface area contributed by atoms with Crippen molar-refractivity contribution in [3.05, 3.63) is 70.7 Å². The molecule has 1 aliphatic heterocycles. The van der Waals surface area contributed by atoms with E-state index in [1.165, 1.54) is 12.1 Å². The Morgan fingerprint density at radius 3 is 1.94 bits per heavy atom. The number of benzene rings is 2. The van der Waals surface area contributed by atoms with Gasteiger partial charge in [0.2, 0.25) is 0 Å². The SMILES string of the molecule is O=C(CN(C(=O)c1ccc(Cl)cc1)N1C(=O)[C@@H]2C[C@@H](Br)[C@@H](Br)C[C@H]2C1=O)c1ccccc1. The second kappa shape index (κ2) is 9.45. The van der Waals surface area contributed by atoms with Crippen molar-refractivity contribution in [3.8, 4) is 0 Å². The number of imide groups is 1. The van der Waals surface area contributed by atoms with Gasteiger partial charge in [-0.05, 0) is 37.1 Å². The van der Waals surface area contributed by atoms with Crippen LogP contribution in [0.4, 0.5) is 0 Å². The van der Waals surface area contributed by atoms with Gasteiger partial charge >= 0.3 is 0 Å². The van der Waals surface area contributed by atoms with Gasteiger partial charge in [0.15, 0.2) is 5.78 Å². The first kappa shape index (κ1) is 23.1. The van der Waals surface area contributed by atoms with Gasteiger partial charge in [0.05, 0.1) is 11.8 Å². The number of hydrogen-bond acceptors (Lipinski definition) is 4. The lowest BCUT2D eigenvalue weighted by atomic mass is 9.81. The fourth-order valence-corrected chi connectivity index (χ4v) is 5.50. The molecule has 0 unspecified atom stereocenters. The number of carbonyl (C=O) groups excluding carboxylic acids is 4. The van der Waals surface area contributed by atoms with Crippen molar-refractivity contribution in [2.75, 3.05) is 6.54 Å². The number of alkyl halides is 2. The largest absolute Gasteiger partial charge is 0.292 e. The van der Waals surface area contributed by atoms with Gasteiger partial charge in [-0.1, -0.05) is 73.8 Å². The molecule has 2 aromatic rings. The van der Waals surface area contributed by atoms with Gasteiger partial charge < -0.3 is 0 Å². The number of carbonyl (C=O) groups is 4. The molecule has 2 aromatic carbocycles. The quantitative estimate of drug-likeness (QED) is 0.296. The monoisotopic (exact) mass is 580 g/mol. The lowest BCUT2D eigenvalue weighted by molar-refractivity contribution is -0.154. The highest BCUT2D eigenvalue weighted by atomic mass is 79.9. The van der Waals surface area contributed by atoms with Crippen molar-refractivity contribution in [3.63, 3.8) is 0 Å². The van der Waals surface area contributed by atoms with Crippen LogP contribution in [0.15, 0.2) is 54.6 Å². The van der Waals surface area contributed by atoms with Gasteiger partial charge in [0.25, 0.3) is 17.7 Å². The van der Waals surface area contributed by atoms with E-state index in [-0.39, 0.29) is 21.0 Å². The third-order valence-corrected chi connectivity index (χ3v) is 8.83. The number of halogens is 3. The number of ketones is 1. The van der Waals surface area contributed by atoms with Crippen LogP contribution in [0.3, 0.4) is 0 Å². The molecule has 0 bridgehead atoms. The highest BCUT2D eigenvalue weighted by Gasteiger charge is 2.54. The van der Waals surface area contributed by atoms with Gasteiger partial charge in [-0.3, -0.25) is 19.2 Å². The summed E-state index contributed by atoms with van der Waals surface area (Å²) >= 11 is 13.1. The van der Waals surface area contributed by atoms with Crippen LogP contribution in [0.5, 0.6) is 0 Å². The number of Topliss-reactive ketones (excluding diaryl/α,β-unsaturated/α-hetero) is 1. The van der Waals surface area contributed by atoms with Crippen molar-refractivity contribution in [1.29, 1.82) is 0 Å². The molecule has 32 heavy (non-hydrogen) atoms. The lowest BCUT2D eigenvalue weighted by Gasteiger charge is -2.30. The summed E-state index contributed by atoms with van der Waals surface area (Å²) in [5, 5.41) is 2.31. The van der Waals surface area contributed by atoms with E-state index in [0.29, 0.717) is 23.4 Å². The molecule has 166 valence electrons. The molecule has 1 saturated heterocycles. The lowest BCUT2D eigenvalue weighted by Crippen LogP contribution is -2.52. The minimum atomic E-state index is -0.614. The van der Waals surface area contributed by atoms with E-state index in [1.54, 1.807) is 42.5 Å². The van der Waals surface area contributed by atoms with E-state index < -0.39 is 36.1 Å². The minimum absolute atomic E-state index is 0.0341. The van der Waals surface area contributed by atoms with E-state index in [0.717, 1.165) is 10.0 Å². The molecule has 2 aliphatic rings. The van der Waals surface area contributed by atoms with E-state index >= 15 is 0 Å². The molecule has 1 aliphatic carbocycles. The summed E-state index contributed by atoms with van der Waals surface area (Å²) in [5.41, 5.74) is 0.612. The Hall–Kier alpha value is -2.03. The summed E-state index contributed by atoms with van der Waals surface area (Å²) in [5.74, 6) is -2.96. The standard InChI is InChI=1S/C23H19Br2ClN2O4/c24-18-10-16-17(11-19(18)25)23(32)28(22(16)31)27(12-20(29)13-4-2-1-3-5-13)21(30)14-6-8-15(26)9-7-14/h1-9,16-19H,10-12H2/t16-,17-,18-,19+/m1/s1. The molecule has 0 radical (unpaired) electrons. The third-order valence-electron chi connectivity index (χ3n) is 5.84. The van der Waals surface area contributed by atoms with Crippen molar-refractivity contribution in [2.24, 2.45) is 11.8 Å². The summed E-state index contributed by atoms with van der Waals surface area (Å²) in [6.45, 7) is -0.433. The van der Waals surface area contributed by atoms with Crippen molar-refractivity contribution in [2.45, 2.75) is 22.5 Å². The summed E-state index contributed by atoms with van der Waals surface area (Å²) in [7, 11) is 0. The third kappa shape index (κ3) is 4.40. The molecule has 4 atom stereocenters.